The van der Waals surface area contributed by atoms with Gasteiger partial charge in [0.05, 0.1) is 6.54 Å². The predicted octanol–water partition coefficient (Wildman–Crippen LogP) is 3.54. The fourth-order valence-electron chi connectivity index (χ4n) is 4.65. The molecule has 2 unspecified atom stereocenters. The highest BCUT2D eigenvalue weighted by molar-refractivity contribution is 5.97. The van der Waals surface area contributed by atoms with Crippen molar-refractivity contribution in [3.63, 3.8) is 0 Å². The number of piperazine rings is 1. The Morgan fingerprint density at radius 1 is 1.09 bits per heavy atom. The summed E-state index contributed by atoms with van der Waals surface area (Å²) in [4.78, 5) is 44.3. The van der Waals surface area contributed by atoms with Crippen molar-refractivity contribution in [3.05, 3.63) is 65.7 Å². The van der Waals surface area contributed by atoms with Gasteiger partial charge in [0.25, 0.3) is 5.91 Å². The number of amides is 3. The molecule has 0 saturated carbocycles. The van der Waals surface area contributed by atoms with Gasteiger partial charge < -0.3 is 19.4 Å². The van der Waals surface area contributed by atoms with Crippen molar-refractivity contribution < 1.29 is 19.1 Å². The minimum Gasteiger partial charge on any atom is -0.489 e. The molecule has 2 aliphatic rings. The molecule has 0 spiro atoms. The van der Waals surface area contributed by atoms with Crippen molar-refractivity contribution in [1.29, 1.82) is 0 Å². The number of carbonyl (C=O) groups excluding carboxylic acids is 3. The number of rotatable bonds is 7. The molecule has 0 aliphatic carbocycles. The van der Waals surface area contributed by atoms with E-state index in [0.717, 1.165) is 12.0 Å². The molecular formula is C27H33N3O4. The first-order valence-electron chi connectivity index (χ1n) is 12.1. The Balaban J connectivity index is 1.48. The summed E-state index contributed by atoms with van der Waals surface area (Å²) in [5, 5.41) is 0. The SMILES string of the molecule is CCC(C)CN1CC2N(C(=O)c3ccc(OCc4ccccc4)cc3)CCC(=O)N2[C@@H](C)C1=O. The number of benzene rings is 2. The number of carbonyl (C=O) groups is 3. The molecule has 2 aromatic rings. The van der Waals surface area contributed by atoms with E-state index in [1.807, 2.05) is 35.2 Å². The lowest BCUT2D eigenvalue weighted by molar-refractivity contribution is -0.166. The zero-order chi connectivity index (χ0) is 24.2. The van der Waals surface area contributed by atoms with Crippen molar-refractivity contribution in [1.82, 2.24) is 14.7 Å². The number of fused-ring (bicyclic) bond motifs is 1. The third kappa shape index (κ3) is 4.93. The molecule has 7 heteroatoms. The normalized spacial score (nSPS) is 21.3. The van der Waals surface area contributed by atoms with E-state index in [-0.39, 0.29) is 24.1 Å². The zero-order valence-corrected chi connectivity index (χ0v) is 20.1. The summed E-state index contributed by atoms with van der Waals surface area (Å²) >= 11 is 0. The molecule has 7 nitrogen and oxygen atoms in total. The molecule has 2 fully saturated rings. The minimum absolute atomic E-state index is 0.0425. The number of hydrogen-bond acceptors (Lipinski definition) is 4. The standard InChI is InChI=1S/C27H33N3O4/c1-4-19(2)16-28-17-24-29(15-14-25(31)30(24)20(3)26(28)32)27(33)22-10-12-23(13-11-22)34-18-21-8-6-5-7-9-21/h5-13,19-20,24H,4,14-18H2,1-3H3/t19?,20-,24?/m0/s1. The van der Waals surface area contributed by atoms with E-state index in [9.17, 15) is 14.4 Å². The number of ether oxygens (including phenoxy) is 1. The maximum Gasteiger partial charge on any atom is 0.255 e. The van der Waals surface area contributed by atoms with E-state index < -0.39 is 12.2 Å². The van der Waals surface area contributed by atoms with Gasteiger partial charge in [-0.1, -0.05) is 50.6 Å². The van der Waals surface area contributed by atoms with Gasteiger partial charge in [-0.15, -0.1) is 0 Å². The first-order valence-corrected chi connectivity index (χ1v) is 12.1. The van der Waals surface area contributed by atoms with Crippen LogP contribution in [0.15, 0.2) is 54.6 Å². The fraction of sp³-hybridized carbons (Fsp3) is 0.444. The van der Waals surface area contributed by atoms with Crippen molar-refractivity contribution in [2.45, 2.75) is 52.4 Å². The van der Waals surface area contributed by atoms with Gasteiger partial charge in [-0.05, 0) is 42.7 Å². The van der Waals surface area contributed by atoms with Crippen molar-refractivity contribution in [2.24, 2.45) is 5.92 Å². The van der Waals surface area contributed by atoms with Crippen LogP contribution in [0.25, 0.3) is 0 Å². The summed E-state index contributed by atoms with van der Waals surface area (Å²) in [6.45, 7) is 7.77. The zero-order valence-electron chi connectivity index (χ0n) is 20.1. The Hall–Kier alpha value is -3.35. The smallest absolute Gasteiger partial charge is 0.255 e. The summed E-state index contributed by atoms with van der Waals surface area (Å²) in [7, 11) is 0. The Labute approximate surface area is 201 Å². The Kier molecular flexibility index (Phi) is 7.20. The van der Waals surface area contributed by atoms with Gasteiger partial charge in [0, 0.05) is 25.1 Å². The molecule has 0 radical (unpaired) electrons. The predicted molar refractivity (Wildman–Crippen MR) is 129 cm³/mol. The molecule has 0 aromatic heterocycles. The topological polar surface area (TPSA) is 70.2 Å². The van der Waals surface area contributed by atoms with Crippen LogP contribution in [0.2, 0.25) is 0 Å². The summed E-state index contributed by atoms with van der Waals surface area (Å²) in [5.74, 6) is 0.797. The van der Waals surface area contributed by atoms with Crippen LogP contribution in [-0.4, -0.2) is 64.3 Å². The van der Waals surface area contributed by atoms with Gasteiger partial charge in [0.2, 0.25) is 11.8 Å². The minimum atomic E-state index is -0.570. The molecule has 0 bridgehead atoms. The van der Waals surface area contributed by atoms with Crippen LogP contribution in [0, 0.1) is 5.92 Å². The summed E-state index contributed by atoms with van der Waals surface area (Å²) < 4.78 is 5.84. The lowest BCUT2D eigenvalue weighted by Gasteiger charge is -2.51. The van der Waals surface area contributed by atoms with Crippen LogP contribution in [0.4, 0.5) is 0 Å². The molecular weight excluding hydrogens is 430 g/mol. The van der Waals surface area contributed by atoms with Crippen molar-refractivity contribution >= 4 is 17.7 Å². The lowest BCUT2D eigenvalue weighted by Crippen LogP contribution is -2.70. The van der Waals surface area contributed by atoms with Gasteiger partial charge in [-0.2, -0.15) is 0 Å². The van der Waals surface area contributed by atoms with Gasteiger partial charge in [0.15, 0.2) is 0 Å². The van der Waals surface area contributed by atoms with E-state index >= 15 is 0 Å². The number of hydrogen-bond donors (Lipinski definition) is 0. The molecule has 2 heterocycles. The first kappa shape index (κ1) is 23.8. The third-order valence-corrected chi connectivity index (χ3v) is 6.84. The quantitative estimate of drug-likeness (QED) is 0.630. The number of nitrogens with zero attached hydrogens (tertiary/aromatic N) is 3. The van der Waals surface area contributed by atoms with Gasteiger partial charge in [-0.25, -0.2) is 0 Å². The summed E-state index contributed by atoms with van der Waals surface area (Å²) in [5.41, 5.74) is 1.61. The highest BCUT2D eigenvalue weighted by Crippen LogP contribution is 2.28. The van der Waals surface area contributed by atoms with Crippen molar-refractivity contribution in [3.8, 4) is 5.75 Å². The molecule has 3 atom stereocenters. The highest BCUT2D eigenvalue weighted by Gasteiger charge is 2.47. The lowest BCUT2D eigenvalue weighted by atomic mass is 10.0. The van der Waals surface area contributed by atoms with Gasteiger partial charge >= 0.3 is 0 Å². The average Bonchev–Trinajstić information content (AvgIpc) is 2.86. The van der Waals surface area contributed by atoms with Crippen molar-refractivity contribution in [2.75, 3.05) is 19.6 Å². The van der Waals surface area contributed by atoms with Gasteiger partial charge in [-0.3, -0.25) is 14.4 Å². The first-order chi connectivity index (χ1) is 16.4. The van der Waals surface area contributed by atoms with Crippen LogP contribution >= 0.6 is 0 Å². The Morgan fingerprint density at radius 3 is 2.47 bits per heavy atom. The summed E-state index contributed by atoms with van der Waals surface area (Å²) in [6.07, 6.45) is 0.746. The Bertz CT molecular complexity index is 1020. The third-order valence-electron chi connectivity index (χ3n) is 6.84. The van der Waals surface area contributed by atoms with E-state index in [4.69, 9.17) is 4.74 Å². The maximum absolute atomic E-state index is 13.5. The van der Waals surface area contributed by atoms with Crippen LogP contribution in [-0.2, 0) is 16.2 Å². The molecule has 2 aliphatic heterocycles. The second-order valence-electron chi connectivity index (χ2n) is 9.26. The Morgan fingerprint density at radius 2 is 1.79 bits per heavy atom. The largest absolute Gasteiger partial charge is 0.489 e. The van der Waals surface area contributed by atoms with Gasteiger partial charge in [0.1, 0.15) is 24.6 Å². The van der Waals surface area contributed by atoms with E-state index in [1.54, 1.807) is 41.0 Å². The highest BCUT2D eigenvalue weighted by atomic mass is 16.5. The molecule has 0 N–H and O–H groups in total. The molecule has 3 amide bonds. The van der Waals surface area contributed by atoms with Crippen LogP contribution < -0.4 is 4.74 Å². The van der Waals surface area contributed by atoms with Crippen LogP contribution in [0.1, 0.15) is 49.5 Å². The molecule has 34 heavy (non-hydrogen) atoms. The van der Waals surface area contributed by atoms with E-state index in [2.05, 4.69) is 13.8 Å². The monoisotopic (exact) mass is 463 g/mol. The molecule has 180 valence electrons. The molecule has 4 rings (SSSR count). The maximum atomic E-state index is 13.5. The van der Waals surface area contributed by atoms with E-state index in [0.29, 0.717) is 43.5 Å². The second-order valence-corrected chi connectivity index (χ2v) is 9.26. The van der Waals surface area contributed by atoms with Crippen LogP contribution in [0.3, 0.4) is 0 Å². The molecule has 2 aromatic carbocycles. The summed E-state index contributed by atoms with van der Waals surface area (Å²) in [6, 6.07) is 16.5. The average molecular weight is 464 g/mol. The van der Waals surface area contributed by atoms with E-state index in [1.165, 1.54) is 0 Å². The fourth-order valence-corrected chi connectivity index (χ4v) is 4.65. The molecule has 2 saturated heterocycles. The van der Waals surface area contributed by atoms with Crippen LogP contribution in [0.5, 0.6) is 5.75 Å². The second kappa shape index (κ2) is 10.3.